The molecule has 0 unspecified atom stereocenters. The minimum Gasteiger partial charge on any atom is -0.465 e. The number of anilines is 1. The zero-order valence-electron chi connectivity index (χ0n) is 11.5. The van der Waals surface area contributed by atoms with E-state index in [1.165, 1.54) is 24.1 Å². The fourth-order valence-corrected chi connectivity index (χ4v) is 1.75. The number of benzene rings is 1. The van der Waals surface area contributed by atoms with Crippen molar-refractivity contribution in [3.63, 3.8) is 0 Å². The summed E-state index contributed by atoms with van der Waals surface area (Å²) >= 11 is 0. The molecule has 7 nitrogen and oxygen atoms in total. The number of esters is 1. The van der Waals surface area contributed by atoms with E-state index < -0.39 is 11.9 Å². The largest absolute Gasteiger partial charge is 0.465 e. The summed E-state index contributed by atoms with van der Waals surface area (Å²) in [6, 6.07) is 8.05. The van der Waals surface area contributed by atoms with Crippen LogP contribution in [0.15, 0.2) is 30.5 Å². The number of carbonyl (C=O) groups excluding carboxylic acids is 2. The molecular formula is C14H12N4O3. The van der Waals surface area contributed by atoms with Gasteiger partial charge in [-0.1, -0.05) is 6.07 Å². The second kappa shape index (κ2) is 5.88. The lowest BCUT2D eigenvalue weighted by molar-refractivity contribution is 0.0600. The van der Waals surface area contributed by atoms with Crippen LogP contribution in [0.2, 0.25) is 0 Å². The van der Waals surface area contributed by atoms with E-state index in [-0.39, 0.29) is 16.7 Å². The highest BCUT2D eigenvalue weighted by Gasteiger charge is 2.14. The Bertz CT molecular complexity index is 743. The summed E-state index contributed by atoms with van der Waals surface area (Å²) < 4.78 is 5.99. The second-order valence-corrected chi connectivity index (χ2v) is 4.17. The molecule has 0 bridgehead atoms. The number of rotatable bonds is 3. The van der Waals surface area contributed by atoms with Crippen molar-refractivity contribution in [1.82, 2.24) is 9.78 Å². The zero-order valence-corrected chi connectivity index (χ0v) is 11.5. The Balaban J connectivity index is 2.27. The molecule has 0 radical (unpaired) electrons. The molecule has 0 saturated heterocycles. The van der Waals surface area contributed by atoms with Gasteiger partial charge < -0.3 is 10.1 Å². The van der Waals surface area contributed by atoms with Gasteiger partial charge in [0, 0.05) is 12.6 Å². The van der Waals surface area contributed by atoms with Gasteiger partial charge in [-0.05, 0) is 18.2 Å². The Labute approximate surface area is 120 Å². The van der Waals surface area contributed by atoms with Gasteiger partial charge in [0.05, 0.1) is 18.9 Å². The minimum atomic E-state index is -0.525. The van der Waals surface area contributed by atoms with Gasteiger partial charge in [-0.25, -0.2) is 4.79 Å². The smallest absolute Gasteiger partial charge is 0.337 e. The number of methoxy groups -OCH3 is 1. The maximum absolute atomic E-state index is 12.2. The van der Waals surface area contributed by atoms with Crippen molar-refractivity contribution in [2.45, 2.75) is 0 Å². The molecule has 0 aliphatic heterocycles. The fourth-order valence-electron chi connectivity index (χ4n) is 1.75. The molecule has 7 heteroatoms. The van der Waals surface area contributed by atoms with Crippen LogP contribution < -0.4 is 5.32 Å². The second-order valence-electron chi connectivity index (χ2n) is 4.17. The summed E-state index contributed by atoms with van der Waals surface area (Å²) in [6.45, 7) is 0. The van der Waals surface area contributed by atoms with Crippen LogP contribution in [0.3, 0.4) is 0 Å². The molecule has 1 aromatic carbocycles. The SMILES string of the molecule is COC(=O)c1cccc(C(=O)Nc2c(C#N)cnn2C)c1. The van der Waals surface area contributed by atoms with Crippen LogP contribution in [0.4, 0.5) is 5.82 Å². The van der Waals surface area contributed by atoms with Crippen LogP contribution in [0.1, 0.15) is 26.3 Å². The first-order valence-corrected chi connectivity index (χ1v) is 5.98. The number of carbonyl (C=O) groups is 2. The summed E-state index contributed by atoms with van der Waals surface area (Å²) in [6.07, 6.45) is 1.36. The zero-order chi connectivity index (χ0) is 15.4. The lowest BCUT2D eigenvalue weighted by Crippen LogP contribution is -2.16. The third-order valence-electron chi connectivity index (χ3n) is 2.84. The maximum Gasteiger partial charge on any atom is 0.337 e. The van der Waals surface area contributed by atoms with E-state index in [1.807, 2.05) is 6.07 Å². The van der Waals surface area contributed by atoms with Gasteiger partial charge >= 0.3 is 5.97 Å². The molecule has 1 heterocycles. The van der Waals surface area contributed by atoms with Crippen molar-refractivity contribution >= 4 is 17.7 Å². The van der Waals surface area contributed by atoms with Gasteiger partial charge in [-0.3, -0.25) is 9.48 Å². The molecule has 0 aliphatic carbocycles. The van der Waals surface area contributed by atoms with Gasteiger partial charge in [-0.15, -0.1) is 0 Å². The van der Waals surface area contributed by atoms with Crippen molar-refractivity contribution in [1.29, 1.82) is 5.26 Å². The molecule has 2 rings (SSSR count). The number of hydrogen-bond donors (Lipinski definition) is 1. The standard InChI is InChI=1S/C14H12N4O3/c1-18-12(11(7-15)8-16-18)17-13(19)9-4-3-5-10(6-9)14(20)21-2/h3-6,8H,1-2H3,(H,17,19). The van der Waals surface area contributed by atoms with Crippen LogP contribution in [-0.4, -0.2) is 28.8 Å². The number of aromatic nitrogens is 2. The van der Waals surface area contributed by atoms with Crippen LogP contribution in [0.5, 0.6) is 0 Å². The summed E-state index contributed by atoms with van der Waals surface area (Å²) in [7, 11) is 2.88. The van der Waals surface area contributed by atoms with Crippen LogP contribution in [0.25, 0.3) is 0 Å². The van der Waals surface area contributed by atoms with Crippen molar-refractivity contribution in [2.75, 3.05) is 12.4 Å². The van der Waals surface area contributed by atoms with Crippen LogP contribution >= 0.6 is 0 Å². The Kier molecular flexibility index (Phi) is 4.00. The van der Waals surface area contributed by atoms with E-state index in [4.69, 9.17) is 5.26 Å². The third kappa shape index (κ3) is 2.90. The van der Waals surface area contributed by atoms with E-state index in [1.54, 1.807) is 25.2 Å². The normalized spacial score (nSPS) is 9.76. The van der Waals surface area contributed by atoms with Crippen molar-refractivity contribution in [3.8, 4) is 6.07 Å². The first kappa shape index (κ1) is 14.3. The monoisotopic (exact) mass is 284 g/mol. The summed E-state index contributed by atoms with van der Waals surface area (Å²) in [5.74, 6) is -0.672. The maximum atomic E-state index is 12.2. The van der Waals surface area contributed by atoms with E-state index in [0.717, 1.165) is 0 Å². The van der Waals surface area contributed by atoms with Gasteiger partial charge in [0.15, 0.2) is 0 Å². The van der Waals surface area contributed by atoms with E-state index >= 15 is 0 Å². The predicted molar refractivity (Wildman–Crippen MR) is 73.7 cm³/mol. The van der Waals surface area contributed by atoms with Gasteiger partial charge in [0.25, 0.3) is 5.91 Å². The molecule has 1 amide bonds. The summed E-state index contributed by atoms with van der Waals surface area (Å²) in [4.78, 5) is 23.6. The van der Waals surface area contributed by atoms with E-state index in [9.17, 15) is 9.59 Å². The number of hydrogen-bond acceptors (Lipinski definition) is 5. The lowest BCUT2D eigenvalue weighted by atomic mass is 10.1. The van der Waals surface area contributed by atoms with Crippen LogP contribution in [0, 0.1) is 11.3 Å². The van der Waals surface area contributed by atoms with Crippen molar-refractivity contribution < 1.29 is 14.3 Å². The number of nitrogens with zero attached hydrogens (tertiary/aromatic N) is 3. The molecule has 0 aliphatic rings. The number of ether oxygens (including phenoxy) is 1. The van der Waals surface area contributed by atoms with Crippen molar-refractivity contribution in [2.24, 2.45) is 7.05 Å². The average Bonchev–Trinajstić information content (AvgIpc) is 2.87. The highest BCUT2D eigenvalue weighted by Crippen LogP contribution is 2.15. The fraction of sp³-hybridized carbons (Fsp3) is 0.143. The average molecular weight is 284 g/mol. The van der Waals surface area contributed by atoms with E-state index in [2.05, 4.69) is 15.2 Å². The summed E-state index contributed by atoms with van der Waals surface area (Å²) in [5, 5.41) is 15.4. The highest BCUT2D eigenvalue weighted by molar-refractivity contribution is 6.05. The molecule has 0 spiro atoms. The molecule has 0 atom stereocenters. The lowest BCUT2D eigenvalue weighted by Gasteiger charge is -2.07. The molecule has 0 saturated carbocycles. The Morgan fingerprint density at radius 2 is 2.10 bits per heavy atom. The number of nitriles is 1. The predicted octanol–water partition coefficient (Wildman–Crippen LogP) is 1.33. The van der Waals surface area contributed by atoms with Crippen molar-refractivity contribution in [3.05, 3.63) is 47.2 Å². The quantitative estimate of drug-likeness (QED) is 0.857. The first-order chi connectivity index (χ1) is 10.1. The molecule has 2 aromatic rings. The molecule has 1 N–H and O–H groups in total. The minimum absolute atomic E-state index is 0.259. The first-order valence-electron chi connectivity index (χ1n) is 5.98. The third-order valence-corrected chi connectivity index (χ3v) is 2.84. The molecule has 21 heavy (non-hydrogen) atoms. The van der Waals surface area contributed by atoms with Gasteiger partial charge in [-0.2, -0.15) is 10.4 Å². The van der Waals surface area contributed by atoms with Crippen LogP contribution in [-0.2, 0) is 11.8 Å². The molecule has 106 valence electrons. The number of amides is 1. The Morgan fingerprint density at radius 3 is 2.76 bits per heavy atom. The molecular weight excluding hydrogens is 272 g/mol. The molecule has 0 fully saturated rings. The number of nitrogens with one attached hydrogen (secondary N) is 1. The Morgan fingerprint density at radius 1 is 1.38 bits per heavy atom. The summed E-state index contributed by atoms with van der Waals surface area (Å²) in [5.41, 5.74) is 0.814. The van der Waals surface area contributed by atoms with Gasteiger partial charge in [0.1, 0.15) is 17.5 Å². The topological polar surface area (TPSA) is 97.0 Å². The highest BCUT2D eigenvalue weighted by atomic mass is 16.5. The number of aryl methyl sites for hydroxylation is 1. The Hall–Kier alpha value is -3.14. The van der Waals surface area contributed by atoms with Gasteiger partial charge in [0.2, 0.25) is 0 Å². The van der Waals surface area contributed by atoms with E-state index in [0.29, 0.717) is 5.82 Å². The molecule has 1 aromatic heterocycles.